The first-order valence-electron chi connectivity index (χ1n) is 5.05. The van der Waals surface area contributed by atoms with Crippen LogP contribution in [0.4, 0.5) is 8.78 Å². The van der Waals surface area contributed by atoms with Crippen LogP contribution in [0.2, 0.25) is 0 Å². The summed E-state index contributed by atoms with van der Waals surface area (Å²) in [5.41, 5.74) is -0.726. The fraction of sp³-hybridized carbons (Fsp3) is 0.900. The summed E-state index contributed by atoms with van der Waals surface area (Å²) in [5.74, 6) is -3.42. The van der Waals surface area contributed by atoms with Crippen LogP contribution in [0.5, 0.6) is 0 Å². The Morgan fingerprint density at radius 2 is 2.00 bits per heavy atom. The average molecular weight is 237 g/mol. The van der Waals surface area contributed by atoms with Crippen LogP contribution in [0, 0.1) is 5.41 Å². The van der Waals surface area contributed by atoms with E-state index in [1.54, 1.807) is 20.8 Å². The van der Waals surface area contributed by atoms with E-state index in [1.165, 1.54) is 7.11 Å². The zero-order chi connectivity index (χ0) is 12.6. The summed E-state index contributed by atoms with van der Waals surface area (Å²) in [5, 5.41) is 0.910. The maximum Gasteiger partial charge on any atom is 0.330 e. The molecule has 1 aliphatic heterocycles. The van der Waals surface area contributed by atoms with Crippen LogP contribution < -0.4 is 0 Å². The van der Waals surface area contributed by atoms with Crippen molar-refractivity contribution < 1.29 is 23.1 Å². The molecule has 0 aromatic heterocycles. The minimum atomic E-state index is -2.88. The van der Waals surface area contributed by atoms with Crippen molar-refractivity contribution in [3.63, 3.8) is 0 Å². The van der Waals surface area contributed by atoms with E-state index in [2.05, 4.69) is 0 Å². The van der Waals surface area contributed by atoms with Gasteiger partial charge in [0.2, 0.25) is 0 Å². The number of halogens is 2. The van der Waals surface area contributed by atoms with Gasteiger partial charge in [0.25, 0.3) is 5.92 Å². The second-order valence-corrected chi connectivity index (χ2v) is 4.95. The molecule has 0 aromatic carbocycles. The monoisotopic (exact) mass is 237 g/mol. The standard InChI is InChI=1S/C10H17F2NO3/c1-9(2,3)8(14)16-13-6-10(11,12)5-7(13)15-4/h7H,5-6H2,1-4H3/t7-/m1/s1. The van der Waals surface area contributed by atoms with Crippen LogP contribution in [-0.4, -0.2) is 36.8 Å². The first kappa shape index (κ1) is 13.3. The summed E-state index contributed by atoms with van der Waals surface area (Å²) in [4.78, 5) is 16.4. The van der Waals surface area contributed by atoms with Crippen LogP contribution >= 0.6 is 0 Å². The van der Waals surface area contributed by atoms with E-state index in [4.69, 9.17) is 9.57 Å². The Kier molecular flexibility index (Phi) is 3.54. The van der Waals surface area contributed by atoms with Gasteiger partial charge in [-0.05, 0) is 20.8 Å². The molecule has 0 spiro atoms. The minimum Gasteiger partial charge on any atom is -0.365 e. The maximum atomic E-state index is 13.1. The Morgan fingerprint density at radius 3 is 2.44 bits per heavy atom. The van der Waals surface area contributed by atoms with Crippen molar-refractivity contribution in [2.45, 2.75) is 39.3 Å². The van der Waals surface area contributed by atoms with Crippen molar-refractivity contribution in [1.29, 1.82) is 0 Å². The maximum absolute atomic E-state index is 13.1. The van der Waals surface area contributed by atoms with Gasteiger partial charge >= 0.3 is 5.97 Å². The van der Waals surface area contributed by atoms with Gasteiger partial charge in [0.15, 0.2) is 0 Å². The number of carbonyl (C=O) groups is 1. The van der Waals surface area contributed by atoms with Gasteiger partial charge in [-0.3, -0.25) is 0 Å². The smallest absolute Gasteiger partial charge is 0.330 e. The van der Waals surface area contributed by atoms with Gasteiger partial charge in [-0.15, -0.1) is 5.06 Å². The third-order valence-electron chi connectivity index (χ3n) is 2.27. The molecule has 1 atom stereocenters. The van der Waals surface area contributed by atoms with E-state index in [9.17, 15) is 13.6 Å². The number of ether oxygens (including phenoxy) is 1. The molecule has 0 aliphatic carbocycles. The van der Waals surface area contributed by atoms with Crippen LogP contribution in [-0.2, 0) is 14.4 Å². The normalized spacial score (nSPS) is 25.8. The van der Waals surface area contributed by atoms with Crippen molar-refractivity contribution in [1.82, 2.24) is 5.06 Å². The Bertz CT molecular complexity index is 276. The molecule has 1 saturated heterocycles. The molecule has 0 aromatic rings. The van der Waals surface area contributed by atoms with Crippen LogP contribution in [0.3, 0.4) is 0 Å². The third kappa shape index (κ3) is 3.12. The van der Waals surface area contributed by atoms with E-state index in [1.807, 2.05) is 0 Å². The molecule has 0 saturated carbocycles. The Morgan fingerprint density at radius 1 is 1.44 bits per heavy atom. The summed E-state index contributed by atoms with van der Waals surface area (Å²) in [7, 11) is 1.31. The Labute approximate surface area is 93.5 Å². The highest BCUT2D eigenvalue weighted by atomic mass is 19.3. The lowest BCUT2D eigenvalue weighted by molar-refractivity contribution is -0.234. The van der Waals surface area contributed by atoms with Crippen molar-refractivity contribution in [3.05, 3.63) is 0 Å². The second kappa shape index (κ2) is 4.25. The Hall–Kier alpha value is -0.750. The molecule has 0 unspecified atom stereocenters. The number of hydrogen-bond donors (Lipinski definition) is 0. The number of carbonyl (C=O) groups excluding carboxylic acids is 1. The predicted octanol–water partition coefficient (Wildman–Crippen LogP) is 1.80. The van der Waals surface area contributed by atoms with E-state index in [0.29, 0.717) is 0 Å². The van der Waals surface area contributed by atoms with Gasteiger partial charge in [0.05, 0.1) is 11.8 Å². The lowest BCUT2D eigenvalue weighted by Crippen LogP contribution is -2.38. The lowest BCUT2D eigenvalue weighted by atomic mass is 9.98. The van der Waals surface area contributed by atoms with Crippen LogP contribution in [0.1, 0.15) is 27.2 Å². The molecule has 16 heavy (non-hydrogen) atoms. The van der Waals surface area contributed by atoms with Crippen LogP contribution in [0.25, 0.3) is 0 Å². The average Bonchev–Trinajstić information content (AvgIpc) is 2.39. The van der Waals surface area contributed by atoms with Crippen molar-refractivity contribution in [2.75, 3.05) is 13.7 Å². The fourth-order valence-electron chi connectivity index (χ4n) is 1.29. The molecule has 1 rings (SSSR count). The first-order valence-corrected chi connectivity index (χ1v) is 5.05. The molecule has 1 fully saturated rings. The van der Waals surface area contributed by atoms with Gasteiger partial charge in [-0.25, -0.2) is 13.6 Å². The number of alkyl halides is 2. The van der Waals surface area contributed by atoms with Gasteiger partial charge in [0.1, 0.15) is 12.8 Å². The summed E-state index contributed by atoms with van der Waals surface area (Å²) < 4.78 is 31.0. The first-order chi connectivity index (χ1) is 7.15. The summed E-state index contributed by atoms with van der Waals surface area (Å²) in [6.07, 6.45) is -1.33. The molecule has 0 N–H and O–H groups in total. The van der Waals surface area contributed by atoms with E-state index in [-0.39, 0.29) is 0 Å². The zero-order valence-electron chi connectivity index (χ0n) is 9.92. The van der Waals surface area contributed by atoms with E-state index >= 15 is 0 Å². The van der Waals surface area contributed by atoms with Crippen molar-refractivity contribution in [2.24, 2.45) is 5.41 Å². The molecule has 0 radical (unpaired) electrons. The largest absolute Gasteiger partial charge is 0.365 e. The van der Waals surface area contributed by atoms with Gasteiger partial charge in [-0.2, -0.15) is 0 Å². The molecule has 94 valence electrons. The van der Waals surface area contributed by atoms with E-state index in [0.717, 1.165) is 5.06 Å². The Balaban J connectivity index is 2.64. The van der Waals surface area contributed by atoms with Gasteiger partial charge < -0.3 is 9.57 Å². The topological polar surface area (TPSA) is 38.8 Å². The molecule has 0 bridgehead atoms. The predicted molar refractivity (Wildman–Crippen MR) is 52.6 cm³/mol. The second-order valence-electron chi connectivity index (χ2n) is 4.95. The molecule has 6 heteroatoms. The molecular weight excluding hydrogens is 220 g/mol. The number of hydrogen-bond acceptors (Lipinski definition) is 4. The number of rotatable bonds is 2. The number of methoxy groups -OCH3 is 1. The van der Waals surface area contributed by atoms with Crippen molar-refractivity contribution >= 4 is 5.97 Å². The molecule has 4 nitrogen and oxygen atoms in total. The fourth-order valence-corrected chi connectivity index (χ4v) is 1.29. The highest BCUT2D eigenvalue weighted by Gasteiger charge is 2.48. The quantitative estimate of drug-likeness (QED) is 0.734. The van der Waals surface area contributed by atoms with Crippen molar-refractivity contribution in [3.8, 4) is 0 Å². The number of nitrogens with zero attached hydrogens (tertiary/aromatic N) is 1. The molecule has 1 aliphatic rings. The zero-order valence-corrected chi connectivity index (χ0v) is 9.92. The lowest BCUT2D eigenvalue weighted by Gasteiger charge is -2.25. The molecule has 1 heterocycles. The van der Waals surface area contributed by atoms with Gasteiger partial charge in [0, 0.05) is 7.11 Å². The highest BCUT2D eigenvalue weighted by molar-refractivity contribution is 5.75. The summed E-state index contributed by atoms with van der Waals surface area (Å²) in [6, 6.07) is 0. The highest BCUT2D eigenvalue weighted by Crippen LogP contribution is 2.33. The minimum absolute atomic E-state index is 0.457. The SMILES string of the molecule is CO[C@@H]1CC(F)(F)CN1OC(=O)C(C)(C)C. The molecule has 0 amide bonds. The van der Waals surface area contributed by atoms with E-state index < -0.39 is 36.5 Å². The van der Waals surface area contributed by atoms with Gasteiger partial charge in [-0.1, -0.05) is 0 Å². The summed E-state index contributed by atoms with van der Waals surface area (Å²) in [6.45, 7) is 4.36. The summed E-state index contributed by atoms with van der Waals surface area (Å²) >= 11 is 0. The third-order valence-corrected chi connectivity index (χ3v) is 2.27. The molecular formula is C10H17F2NO3. The number of hydroxylamine groups is 2. The van der Waals surface area contributed by atoms with Crippen LogP contribution in [0.15, 0.2) is 0 Å².